The molecule has 2 rings (SSSR count). The van der Waals surface area contributed by atoms with Gasteiger partial charge in [-0.3, -0.25) is 0 Å². The number of benzene rings is 1. The second-order valence-corrected chi connectivity index (χ2v) is 5.27. The first-order valence-electron chi connectivity index (χ1n) is 5.23. The van der Waals surface area contributed by atoms with Crippen molar-refractivity contribution < 1.29 is 0 Å². The molecular formula is C12H14ClN3S. The van der Waals surface area contributed by atoms with Crippen LogP contribution < -0.4 is 10.6 Å². The van der Waals surface area contributed by atoms with Crippen molar-refractivity contribution in [2.75, 3.05) is 17.7 Å². The number of nitrogens with zero attached hydrogens (tertiary/aromatic N) is 2. The number of nitrogens with two attached hydrogens (primary N) is 1. The monoisotopic (exact) mass is 267 g/mol. The van der Waals surface area contributed by atoms with Crippen molar-refractivity contribution in [2.45, 2.75) is 13.5 Å². The van der Waals surface area contributed by atoms with Crippen molar-refractivity contribution in [1.29, 1.82) is 0 Å². The quantitative estimate of drug-likeness (QED) is 0.868. The normalized spacial score (nSPS) is 10.5. The lowest BCUT2D eigenvalue weighted by atomic mass is 10.2. The Bertz CT molecular complexity index is 524. The molecule has 1 aromatic carbocycles. The number of rotatable bonds is 3. The van der Waals surface area contributed by atoms with E-state index in [1.54, 1.807) is 17.4 Å². The summed E-state index contributed by atoms with van der Waals surface area (Å²) in [6.45, 7) is 2.82. The summed E-state index contributed by atoms with van der Waals surface area (Å²) >= 11 is 7.83. The Balaban J connectivity index is 2.20. The molecule has 0 spiro atoms. The van der Waals surface area contributed by atoms with Gasteiger partial charge in [0.25, 0.3) is 0 Å². The van der Waals surface area contributed by atoms with Crippen LogP contribution in [0.1, 0.15) is 10.6 Å². The predicted octanol–water partition coefficient (Wildman–Crippen LogP) is 3.32. The van der Waals surface area contributed by atoms with Gasteiger partial charge in [-0.25, -0.2) is 4.98 Å². The summed E-state index contributed by atoms with van der Waals surface area (Å²) in [4.78, 5) is 7.59. The molecule has 2 N–H and O–H groups in total. The Morgan fingerprint density at radius 1 is 1.47 bits per heavy atom. The van der Waals surface area contributed by atoms with Gasteiger partial charge in [0.05, 0.1) is 28.5 Å². The molecule has 2 aromatic rings. The van der Waals surface area contributed by atoms with Crippen LogP contribution in [0.15, 0.2) is 23.7 Å². The molecule has 5 heteroatoms. The van der Waals surface area contributed by atoms with Gasteiger partial charge in [-0.15, -0.1) is 11.3 Å². The second kappa shape index (κ2) is 4.94. The highest BCUT2D eigenvalue weighted by Crippen LogP contribution is 2.28. The lowest BCUT2D eigenvalue weighted by Gasteiger charge is -2.20. The zero-order valence-corrected chi connectivity index (χ0v) is 11.3. The van der Waals surface area contributed by atoms with E-state index in [1.165, 1.54) is 4.88 Å². The minimum Gasteiger partial charge on any atom is -0.399 e. The van der Waals surface area contributed by atoms with Crippen LogP contribution >= 0.6 is 22.9 Å². The maximum absolute atomic E-state index is 6.17. The Labute approximate surface area is 110 Å². The molecule has 0 unspecified atom stereocenters. The molecule has 0 aliphatic carbocycles. The van der Waals surface area contributed by atoms with Crippen LogP contribution in [0.25, 0.3) is 0 Å². The van der Waals surface area contributed by atoms with Crippen LogP contribution in [0.4, 0.5) is 11.4 Å². The van der Waals surface area contributed by atoms with E-state index in [0.717, 1.165) is 17.9 Å². The van der Waals surface area contributed by atoms with E-state index in [-0.39, 0.29) is 0 Å². The summed E-state index contributed by atoms with van der Waals surface area (Å²) in [6, 6.07) is 5.57. The molecule has 0 saturated heterocycles. The molecule has 0 radical (unpaired) electrons. The lowest BCUT2D eigenvalue weighted by Crippen LogP contribution is -2.16. The molecule has 1 heterocycles. The molecule has 0 saturated carbocycles. The maximum Gasteiger partial charge on any atom is 0.0798 e. The SMILES string of the molecule is Cc1ncsc1CN(C)c1ccc(N)cc1Cl. The average molecular weight is 268 g/mol. The molecule has 0 amide bonds. The Hall–Kier alpha value is -1.26. The minimum absolute atomic E-state index is 0.676. The van der Waals surface area contributed by atoms with Crippen LogP contribution in [0.5, 0.6) is 0 Å². The van der Waals surface area contributed by atoms with Crippen molar-refractivity contribution in [2.24, 2.45) is 0 Å². The van der Waals surface area contributed by atoms with Gasteiger partial charge in [0.1, 0.15) is 0 Å². The molecule has 17 heavy (non-hydrogen) atoms. The van der Waals surface area contributed by atoms with Gasteiger partial charge >= 0.3 is 0 Å². The second-order valence-electron chi connectivity index (χ2n) is 3.93. The molecule has 3 nitrogen and oxygen atoms in total. The zero-order chi connectivity index (χ0) is 12.4. The third-order valence-electron chi connectivity index (χ3n) is 2.61. The molecular weight excluding hydrogens is 254 g/mol. The number of halogens is 1. The largest absolute Gasteiger partial charge is 0.399 e. The minimum atomic E-state index is 0.676. The number of hydrogen-bond donors (Lipinski definition) is 1. The average Bonchev–Trinajstić information content (AvgIpc) is 2.64. The van der Waals surface area contributed by atoms with Crippen molar-refractivity contribution in [3.8, 4) is 0 Å². The summed E-state index contributed by atoms with van der Waals surface area (Å²) < 4.78 is 0. The third kappa shape index (κ3) is 2.70. The van der Waals surface area contributed by atoms with Gasteiger partial charge in [-0.1, -0.05) is 11.6 Å². The lowest BCUT2D eigenvalue weighted by molar-refractivity contribution is 0.926. The van der Waals surface area contributed by atoms with Crippen LogP contribution in [0, 0.1) is 6.92 Å². The summed E-state index contributed by atoms with van der Waals surface area (Å²) in [5.74, 6) is 0. The van der Waals surface area contributed by atoms with Crippen molar-refractivity contribution in [3.05, 3.63) is 39.3 Å². The van der Waals surface area contributed by atoms with Gasteiger partial charge in [-0.2, -0.15) is 0 Å². The molecule has 0 aliphatic rings. The van der Waals surface area contributed by atoms with Gasteiger partial charge in [0.15, 0.2) is 0 Å². The fraction of sp³-hybridized carbons (Fsp3) is 0.250. The summed E-state index contributed by atoms with van der Waals surface area (Å²) in [5.41, 5.74) is 10.3. The third-order valence-corrected chi connectivity index (χ3v) is 3.83. The Kier molecular flexibility index (Phi) is 3.54. The van der Waals surface area contributed by atoms with Gasteiger partial charge in [0.2, 0.25) is 0 Å². The molecule has 0 fully saturated rings. The van der Waals surface area contributed by atoms with Crippen molar-refractivity contribution in [3.63, 3.8) is 0 Å². The maximum atomic E-state index is 6.17. The number of thiazole rings is 1. The number of nitrogen functional groups attached to an aromatic ring is 1. The van der Waals surface area contributed by atoms with E-state index in [1.807, 2.05) is 31.6 Å². The van der Waals surface area contributed by atoms with E-state index >= 15 is 0 Å². The standard InChI is InChI=1S/C12H14ClN3S/c1-8-12(17-7-15-8)6-16(2)11-4-3-9(14)5-10(11)13/h3-5,7H,6,14H2,1-2H3. The first-order chi connectivity index (χ1) is 8.08. The van der Waals surface area contributed by atoms with E-state index < -0.39 is 0 Å². The van der Waals surface area contributed by atoms with E-state index in [4.69, 9.17) is 17.3 Å². The smallest absolute Gasteiger partial charge is 0.0798 e. The van der Waals surface area contributed by atoms with Gasteiger partial charge < -0.3 is 10.6 Å². The molecule has 0 atom stereocenters. The van der Waals surface area contributed by atoms with E-state index in [2.05, 4.69) is 9.88 Å². The first kappa shape index (κ1) is 12.2. The van der Waals surface area contributed by atoms with Crippen molar-refractivity contribution >= 4 is 34.3 Å². The highest BCUT2D eigenvalue weighted by molar-refractivity contribution is 7.09. The van der Waals surface area contributed by atoms with Crippen LogP contribution in [-0.4, -0.2) is 12.0 Å². The van der Waals surface area contributed by atoms with Crippen molar-refractivity contribution in [1.82, 2.24) is 4.98 Å². The fourth-order valence-electron chi connectivity index (χ4n) is 1.61. The van der Waals surface area contributed by atoms with E-state index in [9.17, 15) is 0 Å². The van der Waals surface area contributed by atoms with Crippen LogP contribution in [-0.2, 0) is 6.54 Å². The fourth-order valence-corrected chi connectivity index (χ4v) is 2.77. The summed E-state index contributed by atoms with van der Waals surface area (Å²) in [7, 11) is 2.01. The highest BCUT2D eigenvalue weighted by atomic mass is 35.5. The molecule has 90 valence electrons. The Morgan fingerprint density at radius 3 is 2.82 bits per heavy atom. The van der Waals surface area contributed by atoms with E-state index in [0.29, 0.717) is 10.7 Å². The van der Waals surface area contributed by atoms with Crippen LogP contribution in [0.2, 0.25) is 5.02 Å². The van der Waals surface area contributed by atoms with Gasteiger partial charge in [-0.05, 0) is 25.1 Å². The number of aromatic nitrogens is 1. The predicted molar refractivity (Wildman–Crippen MR) is 74.8 cm³/mol. The summed E-state index contributed by atoms with van der Waals surface area (Å²) in [5, 5.41) is 0.676. The number of hydrogen-bond acceptors (Lipinski definition) is 4. The number of anilines is 2. The topological polar surface area (TPSA) is 42.2 Å². The Morgan fingerprint density at radius 2 is 2.24 bits per heavy atom. The zero-order valence-electron chi connectivity index (χ0n) is 9.77. The first-order valence-corrected chi connectivity index (χ1v) is 6.49. The summed E-state index contributed by atoms with van der Waals surface area (Å²) in [6.07, 6.45) is 0. The van der Waals surface area contributed by atoms with Crippen LogP contribution in [0.3, 0.4) is 0 Å². The molecule has 1 aromatic heterocycles. The van der Waals surface area contributed by atoms with Gasteiger partial charge in [0, 0.05) is 17.6 Å². The molecule has 0 aliphatic heterocycles. The number of aryl methyl sites for hydroxylation is 1. The molecule has 0 bridgehead atoms. The highest BCUT2D eigenvalue weighted by Gasteiger charge is 2.09.